The van der Waals surface area contributed by atoms with Gasteiger partial charge in [0.05, 0.1) is 11.1 Å². The van der Waals surface area contributed by atoms with Gasteiger partial charge in [0.2, 0.25) is 0 Å². The van der Waals surface area contributed by atoms with E-state index in [4.69, 9.17) is 4.52 Å². The molecule has 1 aromatic carbocycles. The highest BCUT2D eigenvalue weighted by Crippen LogP contribution is 2.53. The van der Waals surface area contributed by atoms with Crippen LogP contribution >= 0.6 is 0 Å². The van der Waals surface area contributed by atoms with Gasteiger partial charge in [0.15, 0.2) is 11.5 Å². The number of alkyl halides is 1. The number of hydrogen-bond donors (Lipinski definition) is 0. The molecule has 1 aliphatic rings. The van der Waals surface area contributed by atoms with Crippen LogP contribution in [0.2, 0.25) is 0 Å². The van der Waals surface area contributed by atoms with Crippen molar-refractivity contribution in [1.82, 2.24) is 19.9 Å². The molecule has 0 amide bonds. The number of hydrogen-bond acceptors (Lipinski definition) is 4. The lowest BCUT2D eigenvalue weighted by molar-refractivity contribution is 0.353. The van der Waals surface area contributed by atoms with Gasteiger partial charge in [-0.05, 0) is 43.9 Å². The zero-order valence-corrected chi connectivity index (χ0v) is 14.0. The van der Waals surface area contributed by atoms with Gasteiger partial charge in [0.25, 0.3) is 5.89 Å². The normalized spacial score (nSPS) is 17.0. The summed E-state index contributed by atoms with van der Waals surface area (Å²) in [6.45, 7) is 3.58. The first-order valence-electron chi connectivity index (χ1n) is 8.10. The molecule has 0 saturated heterocycles. The van der Waals surface area contributed by atoms with E-state index in [0.717, 1.165) is 12.8 Å². The van der Waals surface area contributed by atoms with Crippen LogP contribution in [0.4, 0.5) is 4.39 Å². The Morgan fingerprint density at radius 1 is 1.29 bits per heavy atom. The second-order valence-corrected chi connectivity index (χ2v) is 6.51. The van der Waals surface area contributed by atoms with Gasteiger partial charge in [0.1, 0.15) is 6.17 Å². The number of aryl methyl sites for hydroxylation is 2. The van der Waals surface area contributed by atoms with Crippen LogP contribution in [0, 0.1) is 6.92 Å². The van der Waals surface area contributed by atoms with E-state index in [2.05, 4.69) is 34.3 Å². The molecule has 0 radical (unpaired) electrons. The highest BCUT2D eigenvalue weighted by atomic mass is 19.1. The van der Waals surface area contributed by atoms with Crippen molar-refractivity contribution in [3.63, 3.8) is 0 Å². The van der Waals surface area contributed by atoms with Crippen LogP contribution in [0.25, 0.3) is 11.6 Å². The average molecular weight is 326 g/mol. The fourth-order valence-corrected chi connectivity index (χ4v) is 3.33. The number of nitrogens with zero attached hydrogens (tertiary/aromatic N) is 4. The molecule has 2 heterocycles. The van der Waals surface area contributed by atoms with Gasteiger partial charge in [-0.3, -0.25) is 4.68 Å². The highest BCUT2D eigenvalue weighted by molar-refractivity contribution is 5.50. The summed E-state index contributed by atoms with van der Waals surface area (Å²) in [4.78, 5) is 4.57. The summed E-state index contributed by atoms with van der Waals surface area (Å²) in [5, 5.41) is 8.49. The van der Waals surface area contributed by atoms with Crippen LogP contribution in [0.15, 0.2) is 34.9 Å². The minimum absolute atomic E-state index is 0.155. The van der Waals surface area contributed by atoms with Gasteiger partial charge >= 0.3 is 0 Å². The van der Waals surface area contributed by atoms with E-state index in [-0.39, 0.29) is 5.41 Å². The summed E-state index contributed by atoms with van der Waals surface area (Å²) in [6.07, 6.45) is 0.915. The van der Waals surface area contributed by atoms with Crippen molar-refractivity contribution in [3.8, 4) is 11.6 Å². The smallest absolute Gasteiger partial charge is 0.278 e. The Morgan fingerprint density at radius 2 is 2.04 bits per heavy atom. The predicted octanol–water partition coefficient (Wildman–Crippen LogP) is 3.89. The van der Waals surface area contributed by atoms with Crippen molar-refractivity contribution in [1.29, 1.82) is 0 Å². The molecular formula is C18H19FN4O. The Morgan fingerprint density at radius 3 is 2.67 bits per heavy atom. The maximum absolute atomic E-state index is 13.6. The molecule has 2 aromatic heterocycles. The molecule has 6 heteroatoms. The van der Waals surface area contributed by atoms with Crippen LogP contribution < -0.4 is 0 Å². The number of halogens is 1. The molecule has 0 N–H and O–H groups in total. The molecule has 124 valence electrons. The van der Waals surface area contributed by atoms with Crippen LogP contribution in [-0.2, 0) is 12.5 Å². The number of aromatic nitrogens is 4. The number of benzene rings is 1. The van der Waals surface area contributed by atoms with E-state index in [9.17, 15) is 4.39 Å². The Bertz CT molecular complexity index is 892. The van der Waals surface area contributed by atoms with Crippen LogP contribution in [0.5, 0.6) is 0 Å². The molecule has 0 spiro atoms. The molecular weight excluding hydrogens is 307 g/mol. The molecule has 1 saturated carbocycles. The average Bonchev–Trinajstić information content (AvgIpc) is 3.02. The Kier molecular flexibility index (Phi) is 3.30. The lowest BCUT2D eigenvalue weighted by atomic mass is 9.91. The van der Waals surface area contributed by atoms with Crippen molar-refractivity contribution in [2.45, 2.75) is 38.3 Å². The second kappa shape index (κ2) is 5.26. The third-order valence-electron chi connectivity index (χ3n) is 4.81. The summed E-state index contributed by atoms with van der Waals surface area (Å²) in [7, 11) is 1.71. The Hall–Kier alpha value is -2.50. The molecule has 5 nitrogen and oxygen atoms in total. The molecule has 1 fully saturated rings. The SMILES string of the molecule is Cc1ccccc1C1(c2noc(-c3cc(C(C)F)n(C)n3)n2)CC1. The van der Waals surface area contributed by atoms with Crippen LogP contribution in [0.1, 0.15) is 48.6 Å². The van der Waals surface area contributed by atoms with E-state index < -0.39 is 6.17 Å². The number of rotatable bonds is 4. The molecule has 3 aromatic rings. The van der Waals surface area contributed by atoms with Gasteiger partial charge in [-0.15, -0.1) is 0 Å². The predicted molar refractivity (Wildman–Crippen MR) is 87.2 cm³/mol. The fourth-order valence-electron chi connectivity index (χ4n) is 3.33. The van der Waals surface area contributed by atoms with E-state index in [1.165, 1.54) is 22.7 Å². The van der Waals surface area contributed by atoms with E-state index in [0.29, 0.717) is 23.1 Å². The molecule has 1 atom stereocenters. The summed E-state index contributed by atoms with van der Waals surface area (Å²) in [5.41, 5.74) is 3.32. The van der Waals surface area contributed by atoms with Crippen LogP contribution in [-0.4, -0.2) is 19.9 Å². The van der Waals surface area contributed by atoms with Crippen molar-refractivity contribution in [2.75, 3.05) is 0 Å². The van der Waals surface area contributed by atoms with Gasteiger partial charge < -0.3 is 4.52 Å². The lowest BCUT2D eigenvalue weighted by Gasteiger charge is -2.13. The minimum atomic E-state index is -1.10. The Labute approximate surface area is 139 Å². The lowest BCUT2D eigenvalue weighted by Crippen LogP contribution is -2.12. The maximum atomic E-state index is 13.6. The zero-order chi connectivity index (χ0) is 16.9. The van der Waals surface area contributed by atoms with E-state index in [1.807, 2.05) is 12.1 Å². The zero-order valence-electron chi connectivity index (χ0n) is 14.0. The molecule has 24 heavy (non-hydrogen) atoms. The summed E-state index contributed by atoms with van der Waals surface area (Å²) in [5.74, 6) is 1.03. The van der Waals surface area contributed by atoms with Crippen molar-refractivity contribution in [3.05, 3.63) is 53.0 Å². The first kappa shape index (κ1) is 15.1. The van der Waals surface area contributed by atoms with Gasteiger partial charge in [-0.25, -0.2) is 4.39 Å². The highest BCUT2D eigenvalue weighted by Gasteiger charge is 2.50. The van der Waals surface area contributed by atoms with Gasteiger partial charge in [-0.1, -0.05) is 29.4 Å². The summed E-state index contributed by atoms with van der Waals surface area (Å²) in [6, 6.07) is 9.96. The minimum Gasteiger partial charge on any atom is -0.332 e. The van der Waals surface area contributed by atoms with Crippen molar-refractivity contribution < 1.29 is 8.91 Å². The second-order valence-electron chi connectivity index (χ2n) is 6.51. The molecule has 0 aliphatic heterocycles. The van der Waals surface area contributed by atoms with Crippen molar-refractivity contribution in [2.24, 2.45) is 7.05 Å². The summed E-state index contributed by atoms with van der Waals surface area (Å²) >= 11 is 0. The fraction of sp³-hybridized carbons (Fsp3) is 0.389. The third-order valence-corrected chi connectivity index (χ3v) is 4.81. The first-order valence-corrected chi connectivity index (χ1v) is 8.10. The summed E-state index contributed by atoms with van der Waals surface area (Å²) < 4.78 is 20.5. The molecule has 0 bridgehead atoms. The first-order chi connectivity index (χ1) is 11.5. The monoisotopic (exact) mass is 326 g/mol. The molecule has 4 rings (SSSR count). The van der Waals surface area contributed by atoms with Gasteiger partial charge in [-0.2, -0.15) is 10.1 Å². The molecule has 1 aliphatic carbocycles. The topological polar surface area (TPSA) is 56.7 Å². The Balaban J connectivity index is 1.71. The third kappa shape index (κ3) is 2.25. The van der Waals surface area contributed by atoms with Crippen LogP contribution in [0.3, 0.4) is 0 Å². The standard InChI is InChI=1S/C18H19FN4O/c1-11-6-4-5-7-13(11)18(8-9-18)17-20-16(24-22-17)14-10-15(12(2)19)23(3)21-14/h4-7,10,12H,8-9H2,1-3H3. The quantitative estimate of drug-likeness (QED) is 0.730. The largest absolute Gasteiger partial charge is 0.332 e. The maximum Gasteiger partial charge on any atom is 0.278 e. The van der Waals surface area contributed by atoms with E-state index >= 15 is 0 Å². The van der Waals surface area contributed by atoms with E-state index in [1.54, 1.807) is 13.1 Å². The van der Waals surface area contributed by atoms with Gasteiger partial charge in [0, 0.05) is 7.05 Å². The molecule has 1 unspecified atom stereocenters. The van der Waals surface area contributed by atoms with Crippen molar-refractivity contribution >= 4 is 0 Å².